The van der Waals surface area contributed by atoms with Crippen molar-refractivity contribution in [3.63, 3.8) is 0 Å². The molecule has 1 aromatic carbocycles. The molecule has 0 aliphatic carbocycles. The minimum Gasteiger partial charge on any atom is -0.454 e. The van der Waals surface area contributed by atoms with Crippen molar-refractivity contribution >= 4 is 23.9 Å². The highest BCUT2D eigenvalue weighted by atomic mass is 16.7. The van der Waals surface area contributed by atoms with Crippen LogP contribution >= 0.6 is 0 Å². The van der Waals surface area contributed by atoms with Gasteiger partial charge in [0.05, 0.1) is 0 Å². The van der Waals surface area contributed by atoms with Gasteiger partial charge in [0.25, 0.3) is 5.91 Å². The molecule has 10 nitrogen and oxygen atoms in total. The molecule has 2 aliphatic rings. The van der Waals surface area contributed by atoms with Gasteiger partial charge in [-0.3, -0.25) is 19.8 Å². The number of rotatable bonds is 3. The number of urea groups is 2. The molecule has 1 aromatic rings. The molecule has 2 aliphatic heterocycles. The van der Waals surface area contributed by atoms with Crippen LogP contribution in [0.3, 0.4) is 0 Å². The summed E-state index contributed by atoms with van der Waals surface area (Å²) < 4.78 is 10.6. The average Bonchev–Trinajstić information content (AvgIpc) is 3.11. The summed E-state index contributed by atoms with van der Waals surface area (Å²) in [6.45, 7) is 6.30. The molecule has 6 amide bonds. The van der Waals surface area contributed by atoms with E-state index < -0.39 is 41.5 Å². The zero-order valence-electron chi connectivity index (χ0n) is 16.0. The number of imide groups is 2. The molecule has 3 rings (SSSR count). The van der Waals surface area contributed by atoms with E-state index in [9.17, 15) is 19.2 Å². The summed E-state index contributed by atoms with van der Waals surface area (Å²) in [5, 5.41) is 7.26. The molecule has 150 valence electrons. The molecule has 1 atom stereocenters. The number of fused-ring (bicyclic) bond motifs is 1. The van der Waals surface area contributed by atoms with Gasteiger partial charge in [-0.05, 0) is 45.4 Å². The topological polar surface area (TPSA) is 126 Å². The summed E-state index contributed by atoms with van der Waals surface area (Å²) >= 11 is 0. The largest absolute Gasteiger partial charge is 0.454 e. The lowest BCUT2D eigenvalue weighted by molar-refractivity contribution is -0.134. The van der Waals surface area contributed by atoms with Gasteiger partial charge in [0, 0.05) is 5.54 Å². The van der Waals surface area contributed by atoms with Crippen LogP contribution < -0.4 is 25.4 Å². The van der Waals surface area contributed by atoms with Gasteiger partial charge < -0.3 is 20.1 Å². The van der Waals surface area contributed by atoms with E-state index in [2.05, 4.69) is 16.0 Å². The van der Waals surface area contributed by atoms with E-state index in [1.54, 1.807) is 39.0 Å². The van der Waals surface area contributed by atoms with Crippen molar-refractivity contribution < 1.29 is 28.7 Å². The van der Waals surface area contributed by atoms with Crippen LogP contribution in [0.25, 0.3) is 0 Å². The maximum Gasteiger partial charge on any atom is 0.325 e. The SMILES string of the molecule is CC(C)(C)NC(=O)NC(=O)CN1C(=O)N[C@@](C)(c2ccc3c(c2)OCO3)C1=O. The van der Waals surface area contributed by atoms with E-state index >= 15 is 0 Å². The first-order valence-corrected chi connectivity index (χ1v) is 8.66. The van der Waals surface area contributed by atoms with Gasteiger partial charge in [-0.15, -0.1) is 0 Å². The Kier molecular flexibility index (Phi) is 4.66. The molecule has 1 saturated heterocycles. The Morgan fingerprint density at radius 1 is 1.21 bits per heavy atom. The van der Waals surface area contributed by atoms with E-state index in [0.29, 0.717) is 17.1 Å². The Bertz CT molecular complexity index is 862. The van der Waals surface area contributed by atoms with E-state index in [1.165, 1.54) is 6.92 Å². The molecule has 0 saturated carbocycles. The fourth-order valence-electron chi connectivity index (χ4n) is 2.93. The van der Waals surface area contributed by atoms with Crippen LogP contribution in [0.1, 0.15) is 33.3 Å². The third-order valence-corrected chi connectivity index (χ3v) is 4.27. The Hall–Kier alpha value is -3.30. The molecule has 0 radical (unpaired) electrons. The first-order chi connectivity index (χ1) is 13.0. The van der Waals surface area contributed by atoms with Crippen LogP contribution in [-0.4, -0.2) is 47.7 Å². The molecule has 1 fully saturated rings. The highest BCUT2D eigenvalue weighted by Crippen LogP contribution is 2.37. The number of nitrogens with zero attached hydrogens (tertiary/aromatic N) is 1. The van der Waals surface area contributed by atoms with E-state index in [1.807, 2.05) is 0 Å². The summed E-state index contributed by atoms with van der Waals surface area (Å²) in [5.41, 5.74) is -1.42. The second kappa shape index (κ2) is 6.70. The Balaban J connectivity index is 1.71. The molecular weight excluding hydrogens is 368 g/mol. The molecule has 3 N–H and O–H groups in total. The standard InChI is InChI=1S/C18H22N4O6/c1-17(2,3)20-15(25)19-13(23)8-22-14(24)18(4,21-16(22)26)10-5-6-11-12(7-10)28-9-27-11/h5-7H,8-9H2,1-4H3,(H,21,26)(H2,19,20,23,25)/t18-/m0/s1. The van der Waals surface area contributed by atoms with Crippen molar-refractivity contribution in [2.75, 3.05) is 13.3 Å². The van der Waals surface area contributed by atoms with Crippen molar-refractivity contribution in [3.05, 3.63) is 23.8 Å². The van der Waals surface area contributed by atoms with Gasteiger partial charge in [0.1, 0.15) is 12.1 Å². The Labute approximate surface area is 161 Å². The zero-order chi connectivity index (χ0) is 20.7. The quantitative estimate of drug-likeness (QED) is 0.656. The number of amides is 6. The average molecular weight is 390 g/mol. The molecule has 0 aromatic heterocycles. The normalized spacial score (nSPS) is 20.8. The number of nitrogens with one attached hydrogen (secondary N) is 3. The molecule has 28 heavy (non-hydrogen) atoms. The number of carbonyl (C=O) groups is 4. The number of hydrogen-bond acceptors (Lipinski definition) is 6. The first kappa shape index (κ1) is 19.5. The number of carbonyl (C=O) groups excluding carboxylic acids is 4. The predicted molar refractivity (Wildman–Crippen MR) is 96.6 cm³/mol. The molecule has 2 heterocycles. The lowest BCUT2D eigenvalue weighted by Gasteiger charge is -2.22. The van der Waals surface area contributed by atoms with Gasteiger partial charge in [-0.25, -0.2) is 9.59 Å². The monoisotopic (exact) mass is 390 g/mol. The molecule has 0 bridgehead atoms. The van der Waals surface area contributed by atoms with Crippen LogP contribution in [0, 0.1) is 0 Å². The summed E-state index contributed by atoms with van der Waals surface area (Å²) in [4.78, 5) is 49.9. The summed E-state index contributed by atoms with van der Waals surface area (Å²) in [7, 11) is 0. The van der Waals surface area contributed by atoms with Gasteiger partial charge in [-0.2, -0.15) is 0 Å². The highest BCUT2D eigenvalue weighted by molar-refractivity contribution is 6.10. The van der Waals surface area contributed by atoms with Crippen molar-refractivity contribution in [2.24, 2.45) is 0 Å². The zero-order valence-corrected chi connectivity index (χ0v) is 16.0. The minimum atomic E-state index is -1.37. The lowest BCUT2D eigenvalue weighted by Crippen LogP contribution is -2.51. The second-order valence-electron chi connectivity index (χ2n) is 7.77. The van der Waals surface area contributed by atoms with Crippen molar-refractivity contribution in [3.8, 4) is 11.5 Å². The third kappa shape index (κ3) is 3.71. The lowest BCUT2D eigenvalue weighted by atomic mass is 9.91. The van der Waals surface area contributed by atoms with Crippen LogP contribution in [0.4, 0.5) is 9.59 Å². The fourth-order valence-corrected chi connectivity index (χ4v) is 2.93. The molecule has 0 unspecified atom stereocenters. The maximum absolute atomic E-state index is 12.9. The number of hydrogen-bond donors (Lipinski definition) is 3. The van der Waals surface area contributed by atoms with Crippen molar-refractivity contribution in [1.29, 1.82) is 0 Å². The van der Waals surface area contributed by atoms with Crippen LogP contribution in [0.5, 0.6) is 11.5 Å². The summed E-state index contributed by atoms with van der Waals surface area (Å²) in [6, 6.07) is 3.47. The summed E-state index contributed by atoms with van der Waals surface area (Å²) in [5.74, 6) is -0.371. The van der Waals surface area contributed by atoms with E-state index in [4.69, 9.17) is 9.47 Å². The number of ether oxygens (including phenoxy) is 2. The van der Waals surface area contributed by atoms with Gasteiger partial charge >= 0.3 is 12.1 Å². The molecule has 10 heteroatoms. The maximum atomic E-state index is 12.9. The number of benzene rings is 1. The Morgan fingerprint density at radius 3 is 2.57 bits per heavy atom. The molecular formula is C18H22N4O6. The predicted octanol–water partition coefficient (Wildman–Crippen LogP) is 0.807. The highest BCUT2D eigenvalue weighted by Gasteiger charge is 2.50. The minimum absolute atomic E-state index is 0.0821. The second-order valence-corrected chi connectivity index (χ2v) is 7.77. The van der Waals surface area contributed by atoms with Crippen LogP contribution in [-0.2, 0) is 15.1 Å². The first-order valence-electron chi connectivity index (χ1n) is 8.66. The van der Waals surface area contributed by atoms with E-state index in [-0.39, 0.29) is 6.79 Å². The third-order valence-electron chi connectivity index (χ3n) is 4.27. The Morgan fingerprint density at radius 2 is 1.89 bits per heavy atom. The van der Waals surface area contributed by atoms with Crippen molar-refractivity contribution in [2.45, 2.75) is 38.8 Å². The smallest absolute Gasteiger partial charge is 0.325 e. The van der Waals surface area contributed by atoms with Gasteiger partial charge in [0.15, 0.2) is 11.5 Å². The van der Waals surface area contributed by atoms with Gasteiger partial charge in [-0.1, -0.05) is 6.07 Å². The summed E-state index contributed by atoms with van der Waals surface area (Å²) in [6.07, 6.45) is 0. The molecule has 0 spiro atoms. The van der Waals surface area contributed by atoms with Gasteiger partial charge in [0.2, 0.25) is 12.7 Å². The van der Waals surface area contributed by atoms with Crippen LogP contribution in [0.2, 0.25) is 0 Å². The van der Waals surface area contributed by atoms with Crippen molar-refractivity contribution in [1.82, 2.24) is 20.9 Å². The fraction of sp³-hybridized carbons (Fsp3) is 0.444. The van der Waals surface area contributed by atoms with E-state index in [0.717, 1.165) is 4.90 Å². The van der Waals surface area contributed by atoms with Crippen LogP contribution in [0.15, 0.2) is 18.2 Å².